The van der Waals surface area contributed by atoms with Crippen LogP contribution in [0.2, 0.25) is 0 Å². The van der Waals surface area contributed by atoms with Gasteiger partial charge in [-0.25, -0.2) is 0 Å². The number of amides is 1. The number of hydrogen-bond acceptors (Lipinski definition) is 2. The Bertz CT molecular complexity index is 544. The van der Waals surface area contributed by atoms with Gasteiger partial charge in [0.1, 0.15) is 0 Å². The van der Waals surface area contributed by atoms with E-state index in [9.17, 15) is 4.79 Å². The highest BCUT2D eigenvalue weighted by Crippen LogP contribution is 2.19. The van der Waals surface area contributed by atoms with Crippen LogP contribution in [0.25, 0.3) is 0 Å². The second kappa shape index (κ2) is 6.14. The number of benzene rings is 1. The molecule has 1 heterocycles. The lowest BCUT2D eigenvalue weighted by atomic mass is 10.1. The van der Waals surface area contributed by atoms with Gasteiger partial charge in [-0.05, 0) is 49.1 Å². The minimum absolute atomic E-state index is 0.0502. The van der Waals surface area contributed by atoms with Crippen molar-refractivity contribution in [3.63, 3.8) is 0 Å². The van der Waals surface area contributed by atoms with Gasteiger partial charge in [0.25, 0.3) is 0 Å². The van der Waals surface area contributed by atoms with Gasteiger partial charge in [0.05, 0.1) is 0 Å². The first-order valence-corrected chi connectivity index (χ1v) is 6.42. The number of nitrogens with one attached hydrogen (secondary N) is 1. The second-order valence-electron chi connectivity index (χ2n) is 4.67. The van der Waals surface area contributed by atoms with E-state index in [1.54, 1.807) is 12.4 Å². The van der Waals surface area contributed by atoms with Crippen molar-refractivity contribution in [2.75, 3.05) is 5.32 Å². The number of aromatic nitrogens is 1. The Morgan fingerprint density at radius 1 is 1.11 bits per heavy atom. The summed E-state index contributed by atoms with van der Waals surface area (Å²) in [6.45, 7) is 4.01. The van der Waals surface area contributed by atoms with Crippen LogP contribution in [0, 0.1) is 13.8 Å². The molecule has 1 aromatic heterocycles. The molecule has 1 amide bonds. The number of aryl methyl sites for hydroxylation is 3. The molecule has 0 saturated heterocycles. The van der Waals surface area contributed by atoms with E-state index in [2.05, 4.69) is 10.3 Å². The lowest BCUT2D eigenvalue weighted by molar-refractivity contribution is -0.116. The lowest BCUT2D eigenvalue weighted by Gasteiger charge is -2.11. The first kappa shape index (κ1) is 13.3. The molecule has 0 fully saturated rings. The van der Waals surface area contributed by atoms with Gasteiger partial charge < -0.3 is 5.32 Å². The Morgan fingerprint density at radius 2 is 1.74 bits per heavy atom. The van der Waals surface area contributed by atoms with Gasteiger partial charge in [-0.2, -0.15) is 0 Å². The first-order valence-electron chi connectivity index (χ1n) is 6.42. The SMILES string of the molecule is Cc1cccc(C)c1NC(=O)CCc1ccncc1. The molecular weight excluding hydrogens is 236 g/mol. The van der Waals surface area contributed by atoms with Gasteiger partial charge in [-0.3, -0.25) is 9.78 Å². The summed E-state index contributed by atoms with van der Waals surface area (Å²) in [5.74, 6) is 0.0502. The number of anilines is 1. The lowest BCUT2D eigenvalue weighted by Crippen LogP contribution is -2.14. The maximum absolute atomic E-state index is 12.0. The molecule has 0 unspecified atom stereocenters. The number of carbonyl (C=O) groups excluding carboxylic acids is 1. The molecule has 0 aliphatic rings. The van der Waals surface area contributed by atoms with Gasteiger partial charge in [0.15, 0.2) is 0 Å². The fourth-order valence-corrected chi connectivity index (χ4v) is 2.02. The number of hydrogen-bond donors (Lipinski definition) is 1. The van der Waals surface area contributed by atoms with Crippen molar-refractivity contribution >= 4 is 11.6 Å². The summed E-state index contributed by atoms with van der Waals surface area (Å²) < 4.78 is 0. The van der Waals surface area contributed by atoms with E-state index < -0.39 is 0 Å². The molecule has 3 heteroatoms. The monoisotopic (exact) mass is 254 g/mol. The normalized spacial score (nSPS) is 10.2. The number of nitrogens with zero attached hydrogens (tertiary/aromatic N) is 1. The molecular formula is C16H18N2O. The van der Waals surface area contributed by atoms with Crippen molar-refractivity contribution in [2.24, 2.45) is 0 Å². The van der Waals surface area contributed by atoms with Crippen molar-refractivity contribution in [1.29, 1.82) is 0 Å². The van der Waals surface area contributed by atoms with E-state index in [4.69, 9.17) is 0 Å². The van der Waals surface area contributed by atoms with Crippen LogP contribution in [-0.2, 0) is 11.2 Å². The Balaban J connectivity index is 1.95. The van der Waals surface area contributed by atoms with Crippen LogP contribution >= 0.6 is 0 Å². The zero-order valence-electron chi connectivity index (χ0n) is 11.3. The largest absolute Gasteiger partial charge is 0.326 e. The third kappa shape index (κ3) is 3.65. The quantitative estimate of drug-likeness (QED) is 0.909. The van der Waals surface area contributed by atoms with Crippen LogP contribution in [0.5, 0.6) is 0 Å². The molecule has 0 spiro atoms. The zero-order valence-corrected chi connectivity index (χ0v) is 11.3. The van der Waals surface area contributed by atoms with Crippen LogP contribution < -0.4 is 5.32 Å². The second-order valence-corrected chi connectivity index (χ2v) is 4.67. The molecule has 0 saturated carbocycles. The molecule has 2 aromatic rings. The van der Waals surface area contributed by atoms with Crippen LogP contribution in [0.15, 0.2) is 42.7 Å². The highest BCUT2D eigenvalue weighted by Gasteiger charge is 2.07. The van der Waals surface area contributed by atoms with Crippen LogP contribution in [-0.4, -0.2) is 10.9 Å². The van der Waals surface area contributed by atoms with E-state index in [0.29, 0.717) is 6.42 Å². The zero-order chi connectivity index (χ0) is 13.7. The fourth-order valence-electron chi connectivity index (χ4n) is 2.02. The molecule has 0 bridgehead atoms. The molecule has 3 nitrogen and oxygen atoms in total. The molecule has 1 aromatic carbocycles. The standard InChI is InChI=1S/C16H18N2O/c1-12-4-3-5-13(2)16(12)18-15(19)7-6-14-8-10-17-11-9-14/h3-5,8-11H,6-7H2,1-2H3,(H,18,19). The van der Waals surface area contributed by atoms with E-state index in [0.717, 1.165) is 28.8 Å². The first-order chi connectivity index (χ1) is 9.16. The van der Waals surface area contributed by atoms with Gasteiger partial charge >= 0.3 is 0 Å². The van der Waals surface area contributed by atoms with Crippen LogP contribution in [0.3, 0.4) is 0 Å². The Labute approximate surface area is 113 Å². The minimum atomic E-state index is 0.0502. The molecule has 2 rings (SSSR count). The van der Waals surface area contributed by atoms with Gasteiger partial charge in [0, 0.05) is 24.5 Å². The van der Waals surface area contributed by atoms with E-state index >= 15 is 0 Å². The van der Waals surface area contributed by atoms with Crippen molar-refractivity contribution in [2.45, 2.75) is 26.7 Å². The topological polar surface area (TPSA) is 42.0 Å². The summed E-state index contributed by atoms with van der Waals surface area (Å²) in [6.07, 6.45) is 4.72. The molecule has 0 aliphatic heterocycles. The van der Waals surface area contributed by atoms with Gasteiger partial charge in [-0.15, -0.1) is 0 Å². The maximum atomic E-state index is 12.0. The van der Waals surface area contributed by atoms with Crippen molar-refractivity contribution in [3.05, 3.63) is 59.4 Å². The molecule has 0 atom stereocenters. The smallest absolute Gasteiger partial charge is 0.224 e. The van der Waals surface area contributed by atoms with E-state index in [1.165, 1.54) is 0 Å². The Kier molecular flexibility index (Phi) is 4.29. The average Bonchev–Trinajstić information content (AvgIpc) is 2.42. The fraction of sp³-hybridized carbons (Fsp3) is 0.250. The maximum Gasteiger partial charge on any atom is 0.224 e. The number of rotatable bonds is 4. The van der Waals surface area contributed by atoms with Crippen molar-refractivity contribution in [1.82, 2.24) is 4.98 Å². The van der Waals surface area contributed by atoms with Crippen molar-refractivity contribution in [3.8, 4) is 0 Å². The minimum Gasteiger partial charge on any atom is -0.326 e. The highest BCUT2D eigenvalue weighted by molar-refractivity contribution is 5.92. The summed E-state index contributed by atoms with van der Waals surface area (Å²) in [7, 11) is 0. The summed E-state index contributed by atoms with van der Waals surface area (Å²) in [5, 5.41) is 2.99. The van der Waals surface area contributed by atoms with Gasteiger partial charge in [-0.1, -0.05) is 18.2 Å². The summed E-state index contributed by atoms with van der Waals surface area (Å²) >= 11 is 0. The Hall–Kier alpha value is -2.16. The summed E-state index contributed by atoms with van der Waals surface area (Å²) in [4.78, 5) is 15.9. The average molecular weight is 254 g/mol. The molecule has 98 valence electrons. The third-order valence-corrected chi connectivity index (χ3v) is 3.14. The van der Waals surface area contributed by atoms with Gasteiger partial charge in [0.2, 0.25) is 5.91 Å². The molecule has 19 heavy (non-hydrogen) atoms. The van der Waals surface area contributed by atoms with Crippen molar-refractivity contribution < 1.29 is 4.79 Å². The predicted molar refractivity (Wildman–Crippen MR) is 77.1 cm³/mol. The number of para-hydroxylation sites is 1. The third-order valence-electron chi connectivity index (χ3n) is 3.14. The molecule has 0 radical (unpaired) electrons. The van der Waals surface area contributed by atoms with E-state index in [1.807, 2.05) is 44.2 Å². The molecule has 0 aliphatic carbocycles. The highest BCUT2D eigenvalue weighted by atomic mass is 16.1. The predicted octanol–water partition coefficient (Wildman–Crippen LogP) is 3.27. The summed E-state index contributed by atoms with van der Waals surface area (Å²) in [6, 6.07) is 9.88. The van der Waals surface area contributed by atoms with Crippen LogP contribution in [0.4, 0.5) is 5.69 Å². The molecule has 1 N–H and O–H groups in total. The Morgan fingerprint density at radius 3 is 2.37 bits per heavy atom. The van der Waals surface area contributed by atoms with Crippen LogP contribution in [0.1, 0.15) is 23.1 Å². The number of pyridine rings is 1. The van der Waals surface area contributed by atoms with E-state index in [-0.39, 0.29) is 5.91 Å². The summed E-state index contributed by atoms with van der Waals surface area (Å²) in [5.41, 5.74) is 4.25. The number of carbonyl (C=O) groups is 1.